The van der Waals surface area contributed by atoms with Crippen LogP contribution in [0.1, 0.15) is 13.3 Å². The van der Waals surface area contributed by atoms with Gasteiger partial charge >= 0.3 is 0 Å². The van der Waals surface area contributed by atoms with E-state index >= 15 is 0 Å². The lowest BCUT2D eigenvalue weighted by Crippen LogP contribution is -2.44. The van der Waals surface area contributed by atoms with Crippen molar-refractivity contribution in [1.29, 1.82) is 0 Å². The largest absolute Gasteiger partial charge is 0.375 e. The summed E-state index contributed by atoms with van der Waals surface area (Å²) >= 11 is 0. The fraction of sp³-hybridized carbons (Fsp3) is 0.562. The van der Waals surface area contributed by atoms with Crippen molar-refractivity contribution < 1.29 is 17.9 Å². The molecule has 0 unspecified atom stereocenters. The van der Waals surface area contributed by atoms with Gasteiger partial charge < -0.3 is 15.0 Å². The lowest BCUT2D eigenvalue weighted by atomic mass is 10.2. The smallest absolute Gasteiger partial charge is 0.221 e. The maximum atomic E-state index is 12.2. The van der Waals surface area contributed by atoms with E-state index in [0.29, 0.717) is 13.2 Å². The van der Waals surface area contributed by atoms with Crippen molar-refractivity contribution in [2.45, 2.75) is 30.4 Å². The zero-order chi connectivity index (χ0) is 16.9. The first kappa shape index (κ1) is 17.9. The van der Waals surface area contributed by atoms with Crippen LogP contribution in [0.5, 0.6) is 0 Å². The van der Waals surface area contributed by atoms with Crippen molar-refractivity contribution >= 4 is 15.7 Å². The van der Waals surface area contributed by atoms with Gasteiger partial charge in [-0.2, -0.15) is 0 Å². The van der Waals surface area contributed by atoms with Gasteiger partial charge in [0.1, 0.15) is 0 Å². The summed E-state index contributed by atoms with van der Waals surface area (Å²) in [6.07, 6.45) is -0.0873. The van der Waals surface area contributed by atoms with Gasteiger partial charge in [0.15, 0.2) is 9.84 Å². The highest BCUT2D eigenvalue weighted by Gasteiger charge is 2.32. The van der Waals surface area contributed by atoms with E-state index in [-0.39, 0.29) is 35.1 Å². The van der Waals surface area contributed by atoms with Gasteiger partial charge in [0.2, 0.25) is 5.91 Å². The molecule has 2 atom stereocenters. The summed E-state index contributed by atoms with van der Waals surface area (Å²) in [4.78, 5) is 14.4. The Balaban J connectivity index is 1.88. The number of sulfone groups is 1. The molecular formula is C16H24N2O4S. The Morgan fingerprint density at radius 1 is 1.30 bits per heavy atom. The van der Waals surface area contributed by atoms with Crippen LogP contribution < -0.4 is 5.32 Å². The Morgan fingerprint density at radius 2 is 2.00 bits per heavy atom. The molecule has 1 fully saturated rings. The van der Waals surface area contributed by atoms with Crippen molar-refractivity contribution in [2.24, 2.45) is 0 Å². The van der Waals surface area contributed by atoms with Crippen LogP contribution in [0.3, 0.4) is 0 Å². The van der Waals surface area contributed by atoms with Gasteiger partial charge in [0.05, 0.1) is 22.8 Å². The minimum atomic E-state index is -3.43. The summed E-state index contributed by atoms with van der Waals surface area (Å²) in [5.41, 5.74) is 0. The molecule has 0 aromatic heterocycles. The highest BCUT2D eigenvalue weighted by molar-refractivity contribution is 7.91. The molecule has 1 amide bonds. The van der Waals surface area contributed by atoms with Crippen LogP contribution in [0.25, 0.3) is 0 Å². The number of amides is 1. The van der Waals surface area contributed by atoms with Crippen LogP contribution in [0, 0.1) is 0 Å². The van der Waals surface area contributed by atoms with E-state index in [0.717, 1.165) is 6.54 Å². The lowest BCUT2D eigenvalue weighted by Gasteiger charge is -2.19. The standard InChI is InChI=1S/C16H24N2O4S/c1-3-22-15-12-18(2)11-14(15)17-16(19)9-10-23(20,21)13-7-5-4-6-8-13/h4-8,14-15H,3,9-12H2,1-2H3,(H,17,19)/t14-,15-/m1/s1. The third-order valence-electron chi connectivity index (χ3n) is 3.88. The van der Waals surface area contributed by atoms with Crippen molar-refractivity contribution in [3.05, 3.63) is 30.3 Å². The molecule has 0 radical (unpaired) electrons. The van der Waals surface area contributed by atoms with Gasteiger partial charge in [-0.15, -0.1) is 0 Å². The first-order chi connectivity index (χ1) is 10.9. The predicted octanol–water partition coefficient (Wildman–Crippen LogP) is 0.686. The van der Waals surface area contributed by atoms with E-state index in [9.17, 15) is 13.2 Å². The van der Waals surface area contributed by atoms with E-state index in [1.807, 2.05) is 14.0 Å². The number of hydrogen-bond acceptors (Lipinski definition) is 5. The Hall–Kier alpha value is -1.44. The molecule has 1 N–H and O–H groups in total. The number of benzene rings is 1. The van der Waals surface area contributed by atoms with E-state index < -0.39 is 9.84 Å². The minimum Gasteiger partial charge on any atom is -0.375 e. The zero-order valence-electron chi connectivity index (χ0n) is 13.6. The first-order valence-electron chi connectivity index (χ1n) is 7.79. The number of carbonyl (C=O) groups excluding carboxylic acids is 1. The van der Waals surface area contributed by atoms with E-state index in [4.69, 9.17) is 4.74 Å². The van der Waals surface area contributed by atoms with Crippen LogP contribution in [0.4, 0.5) is 0 Å². The molecule has 1 aliphatic rings. The number of nitrogens with one attached hydrogen (secondary N) is 1. The molecule has 7 heteroatoms. The van der Waals surface area contributed by atoms with Crippen LogP contribution in [-0.2, 0) is 19.4 Å². The highest BCUT2D eigenvalue weighted by Crippen LogP contribution is 2.13. The maximum absolute atomic E-state index is 12.2. The summed E-state index contributed by atoms with van der Waals surface area (Å²) in [6, 6.07) is 8.11. The SMILES string of the molecule is CCO[C@@H]1CN(C)C[C@H]1NC(=O)CCS(=O)(=O)c1ccccc1. The summed E-state index contributed by atoms with van der Waals surface area (Å²) in [6.45, 7) is 3.99. The monoisotopic (exact) mass is 340 g/mol. The Morgan fingerprint density at radius 3 is 2.65 bits per heavy atom. The molecule has 1 aliphatic heterocycles. The molecule has 0 aliphatic carbocycles. The average Bonchev–Trinajstić information content (AvgIpc) is 2.86. The molecular weight excluding hydrogens is 316 g/mol. The third-order valence-corrected chi connectivity index (χ3v) is 5.61. The van der Waals surface area contributed by atoms with Crippen LogP contribution in [-0.4, -0.2) is 63.9 Å². The number of ether oxygens (including phenoxy) is 1. The van der Waals surface area contributed by atoms with Gasteiger partial charge in [-0.3, -0.25) is 4.79 Å². The number of hydrogen-bond donors (Lipinski definition) is 1. The average molecular weight is 340 g/mol. The Kier molecular flexibility index (Phi) is 6.15. The van der Waals surface area contributed by atoms with E-state index in [2.05, 4.69) is 10.2 Å². The number of likely N-dealkylation sites (tertiary alicyclic amines) is 1. The topological polar surface area (TPSA) is 75.7 Å². The van der Waals surface area contributed by atoms with Gasteiger partial charge in [-0.1, -0.05) is 18.2 Å². The van der Waals surface area contributed by atoms with Gasteiger partial charge in [-0.25, -0.2) is 8.42 Å². The second kappa shape index (κ2) is 7.90. The minimum absolute atomic E-state index is 0.0420. The molecule has 23 heavy (non-hydrogen) atoms. The normalized spacial score (nSPS) is 22.2. The summed E-state index contributed by atoms with van der Waals surface area (Å²) in [7, 11) is -1.46. The second-order valence-electron chi connectivity index (χ2n) is 5.77. The quantitative estimate of drug-likeness (QED) is 0.790. The van der Waals surface area contributed by atoms with Crippen molar-refractivity contribution in [1.82, 2.24) is 10.2 Å². The number of rotatable bonds is 7. The van der Waals surface area contributed by atoms with E-state index in [1.54, 1.807) is 30.3 Å². The molecule has 6 nitrogen and oxygen atoms in total. The Labute approximate surface area is 137 Å². The fourth-order valence-corrected chi connectivity index (χ4v) is 4.00. The zero-order valence-corrected chi connectivity index (χ0v) is 14.4. The number of carbonyl (C=O) groups is 1. The molecule has 2 rings (SSSR count). The van der Waals surface area contributed by atoms with Crippen LogP contribution in [0.2, 0.25) is 0 Å². The van der Waals surface area contributed by atoms with Gasteiger partial charge in [-0.05, 0) is 26.1 Å². The molecule has 0 saturated carbocycles. The summed E-state index contributed by atoms with van der Waals surface area (Å²) in [5.74, 6) is -0.445. The van der Waals surface area contributed by atoms with Gasteiger partial charge in [0, 0.05) is 26.1 Å². The second-order valence-corrected chi connectivity index (χ2v) is 7.88. The molecule has 1 heterocycles. The summed E-state index contributed by atoms with van der Waals surface area (Å²) in [5, 5.41) is 2.90. The lowest BCUT2D eigenvalue weighted by molar-refractivity contribution is -0.122. The molecule has 0 bridgehead atoms. The van der Waals surface area contributed by atoms with Crippen LogP contribution >= 0.6 is 0 Å². The third kappa shape index (κ3) is 5.02. The first-order valence-corrected chi connectivity index (χ1v) is 9.45. The number of nitrogens with zero attached hydrogens (tertiary/aromatic N) is 1. The molecule has 1 saturated heterocycles. The van der Waals surface area contributed by atoms with Crippen LogP contribution in [0.15, 0.2) is 35.2 Å². The maximum Gasteiger partial charge on any atom is 0.221 e. The molecule has 1 aromatic rings. The Bertz CT molecular complexity index is 618. The van der Waals surface area contributed by atoms with Crippen molar-refractivity contribution in [3.8, 4) is 0 Å². The van der Waals surface area contributed by atoms with Crippen molar-refractivity contribution in [2.75, 3.05) is 32.5 Å². The van der Waals surface area contributed by atoms with Gasteiger partial charge in [0.25, 0.3) is 0 Å². The fourth-order valence-electron chi connectivity index (χ4n) is 2.74. The molecule has 1 aromatic carbocycles. The van der Waals surface area contributed by atoms with Crippen molar-refractivity contribution in [3.63, 3.8) is 0 Å². The highest BCUT2D eigenvalue weighted by atomic mass is 32.2. The van der Waals surface area contributed by atoms with E-state index in [1.165, 1.54) is 0 Å². The molecule has 128 valence electrons. The number of likely N-dealkylation sites (N-methyl/N-ethyl adjacent to an activating group) is 1. The summed E-state index contributed by atoms with van der Waals surface area (Å²) < 4.78 is 30.0. The predicted molar refractivity (Wildman–Crippen MR) is 88.0 cm³/mol. The molecule has 0 spiro atoms.